The summed E-state index contributed by atoms with van der Waals surface area (Å²) < 4.78 is 6.04. The number of likely N-dealkylation sites (tertiary alicyclic amines) is 1. The molecule has 26 heavy (non-hydrogen) atoms. The van der Waals surface area contributed by atoms with E-state index in [1.807, 2.05) is 0 Å². The molecule has 0 aromatic carbocycles. The summed E-state index contributed by atoms with van der Waals surface area (Å²) in [6.45, 7) is 12.9. The SMILES string of the molecule is CCCN1CCC(NC(=NCC2CN3CCCC3CO2)NCC)CC1.I. The topological polar surface area (TPSA) is 52.1 Å². The molecule has 0 spiro atoms. The molecule has 2 atom stereocenters. The fourth-order valence-electron chi connectivity index (χ4n) is 4.32. The van der Waals surface area contributed by atoms with Crippen molar-refractivity contribution in [1.29, 1.82) is 0 Å². The summed E-state index contributed by atoms with van der Waals surface area (Å²) in [5, 5.41) is 7.06. The Morgan fingerprint density at radius 1 is 1.15 bits per heavy atom. The molecular formula is C19H38IN5O. The van der Waals surface area contributed by atoms with E-state index in [1.165, 1.54) is 58.3 Å². The van der Waals surface area contributed by atoms with Crippen LogP contribution in [0.25, 0.3) is 0 Å². The lowest BCUT2D eigenvalue weighted by atomic mass is 10.1. The molecule has 0 aliphatic carbocycles. The highest BCUT2D eigenvalue weighted by molar-refractivity contribution is 14.0. The Bertz CT molecular complexity index is 428. The lowest BCUT2D eigenvalue weighted by Gasteiger charge is -2.35. The number of morpholine rings is 1. The smallest absolute Gasteiger partial charge is 0.191 e. The second kappa shape index (κ2) is 11.7. The van der Waals surface area contributed by atoms with Gasteiger partial charge in [0.15, 0.2) is 5.96 Å². The van der Waals surface area contributed by atoms with Crippen molar-refractivity contribution in [2.75, 3.05) is 52.4 Å². The summed E-state index contributed by atoms with van der Waals surface area (Å²) in [6.07, 6.45) is 6.54. The van der Waals surface area contributed by atoms with Gasteiger partial charge < -0.3 is 20.3 Å². The first-order valence-electron chi connectivity index (χ1n) is 10.4. The van der Waals surface area contributed by atoms with Crippen LogP contribution in [0.3, 0.4) is 0 Å². The van der Waals surface area contributed by atoms with E-state index in [2.05, 4.69) is 34.3 Å². The maximum atomic E-state index is 6.04. The van der Waals surface area contributed by atoms with Crippen molar-refractivity contribution in [3.63, 3.8) is 0 Å². The van der Waals surface area contributed by atoms with Crippen LogP contribution in [0.1, 0.15) is 46.0 Å². The predicted octanol–water partition coefficient (Wildman–Crippen LogP) is 1.90. The van der Waals surface area contributed by atoms with Gasteiger partial charge in [0.1, 0.15) is 0 Å². The first-order valence-corrected chi connectivity index (χ1v) is 10.4. The molecule has 0 saturated carbocycles. The number of aliphatic imine (C=N–C) groups is 1. The Labute approximate surface area is 176 Å². The number of nitrogens with zero attached hydrogens (tertiary/aromatic N) is 3. The molecule has 3 saturated heterocycles. The van der Waals surface area contributed by atoms with Gasteiger partial charge in [0.2, 0.25) is 0 Å². The average Bonchev–Trinajstić information content (AvgIpc) is 3.09. The summed E-state index contributed by atoms with van der Waals surface area (Å²) in [6, 6.07) is 1.21. The van der Waals surface area contributed by atoms with E-state index in [-0.39, 0.29) is 30.1 Å². The van der Waals surface area contributed by atoms with Gasteiger partial charge in [0.05, 0.1) is 19.3 Å². The lowest BCUT2D eigenvalue weighted by Crippen LogP contribution is -2.50. The summed E-state index contributed by atoms with van der Waals surface area (Å²) >= 11 is 0. The van der Waals surface area contributed by atoms with Gasteiger partial charge in [-0.05, 0) is 52.1 Å². The standard InChI is InChI=1S/C19H37N5O.HI/c1-3-9-23-11-7-16(8-12-23)22-19(20-4-2)21-13-18-14-24-10-5-6-17(24)15-25-18;/h16-18H,3-15H2,1-2H3,(H2,20,21,22);1H. The third-order valence-electron chi connectivity index (χ3n) is 5.73. The molecule has 2 unspecified atom stereocenters. The Morgan fingerprint density at radius 3 is 2.69 bits per heavy atom. The minimum atomic E-state index is 0. The third-order valence-corrected chi connectivity index (χ3v) is 5.73. The molecule has 3 heterocycles. The Morgan fingerprint density at radius 2 is 1.96 bits per heavy atom. The van der Waals surface area contributed by atoms with Crippen LogP contribution >= 0.6 is 24.0 Å². The van der Waals surface area contributed by atoms with Gasteiger partial charge in [-0.15, -0.1) is 24.0 Å². The van der Waals surface area contributed by atoms with Crippen LogP contribution in [0.2, 0.25) is 0 Å². The van der Waals surface area contributed by atoms with Gasteiger partial charge >= 0.3 is 0 Å². The van der Waals surface area contributed by atoms with Crippen molar-refractivity contribution in [2.24, 2.45) is 4.99 Å². The van der Waals surface area contributed by atoms with Gasteiger partial charge in [-0.3, -0.25) is 9.89 Å². The molecule has 7 heteroatoms. The third kappa shape index (κ3) is 6.49. The zero-order valence-electron chi connectivity index (χ0n) is 16.6. The van der Waals surface area contributed by atoms with E-state index in [9.17, 15) is 0 Å². The van der Waals surface area contributed by atoms with Gasteiger partial charge in [0, 0.05) is 38.3 Å². The monoisotopic (exact) mass is 479 g/mol. The van der Waals surface area contributed by atoms with Crippen LogP contribution < -0.4 is 10.6 Å². The fourth-order valence-corrected chi connectivity index (χ4v) is 4.32. The molecule has 0 radical (unpaired) electrons. The normalized spacial score (nSPS) is 28.5. The van der Waals surface area contributed by atoms with Crippen LogP contribution in [0.5, 0.6) is 0 Å². The van der Waals surface area contributed by atoms with Gasteiger partial charge in [0.25, 0.3) is 0 Å². The zero-order valence-corrected chi connectivity index (χ0v) is 18.9. The largest absolute Gasteiger partial charge is 0.373 e. The van der Waals surface area contributed by atoms with Crippen LogP contribution in [0.4, 0.5) is 0 Å². The van der Waals surface area contributed by atoms with Gasteiger partial charge in [-0.2, -0.15) is 0 Å². The maximum Gasteiger partial charge on any atom is 0.191 e. The molecule has 2 N–H and O–H groups in total. The number of nitrogens with one attached hydrogen (secondary N) is 2. The molecule has 3 rings (SSSR count). The molecule has 3 fully saturated rings. The van der Waals surface area contributed by atoms with E-state index in [1.54, 1.807) is 0 Å². The van der Waals surface area contributed by atoms with E-state index in [0.717, 1.165) is 32.2 Å². The lowest BCUT2D eigenvalue weighted by molar-refractivity contribution is -0.0432. The number of rotatable bonds is 6. The molecule has 6 nitrogen and oxygen atoms in total. The molecule has 152 valence electrons. The fraction of sp³-hybridized carbons (Fsp3) is 0.947. The molecule has 3 aliphatic rings. The zero-order chi connectivity index (χ0) is 17.5. The number of fused-ring (bicyclic) bond motifs is 1. The second-order valence-electron chi connectivity index (χ2n) is 7.73. The van der Waals surface area contributed by atoms with E-state index >= 15 is 0 Å². The van der Waals surface area contributed by atoms with Gasteiger partial charge in [-0.25, -0.2) is 0 Å². The quantitative estimate of drug-likeness (QED) is 0.346. The number of hydrogen-bond acceptors (Lipinski definition) is 4. The van der Waals surface area contributed by atoms with Crippen molar-refractivity contribution in [3.05, 3.63) is 0 Å². The highest BCUT2D eigenvalue weighted by atomic mass is 127. The predicted molar refractivity (Wildman–Crippen MR) is 119 cm³/mol. The number of ether oxygens (including phenoxy) is 1. The van der Waals surface area contributed by atoms with Crippen molar-refractivity contribution in [3.8, 4) is 0 Å². The number of halogens is 1. The summed E-state index contributed by atoms with van der Waals surface area (Å²) in [5.74, 6) is 0.962. The average molecular weight is 479 g/mol. The summed E-state index contributed by atoms with van der Waals surface area (Å²) in [7, 11) is 0. The Hall–Kier alpha value is -0.120. The van der Waals surface area contributed by atoms with E-state index in [0.29, 0.717) is 12.1 Å². The summed E-state index contributed by atoms with van der Waals surface area (Å²) in [5.41, 5.74) is 0. The first-order chi connectivity index (χ1) is 12.3. The highest BCUT2D eigenvalue weighted by Crippen LogP contribution is 2.22. The minimum Gasteiger partial charge on any atom is -0.373 e. The molecule has 0 bridgehead atoms. The second-order valence-corrected chi connectivity index (χ2v) is 7.73. The van der Waals surface area contributed by atoms with E-state index < -0.39 is 0 Å². The number of piperidine rings is 1. The van der Waals surface area contributed by atoms with Crippen LogP contribution in [-0.4, -0.2) is 86.4 Å². The van der Waals surface area contributed by atoms with Crippen LogP contribution in [0, 0.1) is 0 Å². The Balaban J connectivity index is 0.00000243. The summed E-state index contributed by atoms with van der Waals surface area (Å²) in [4.78, 5) is 9.99. The first kappa shape index (κ1) is 22.2. The van der Waals surface area contributed by atoms with Crippen molar-refractivity contribution < 1.29 is 4.74 Å². The van der Waals surface area contributed by atoms with Crippen LogP contribution in [0.15, 0.2) is 4.99 Å². The molecule has 0 amide bonds. The van der Waals surface area contributed by atoms with Crippen LogP contribution in [-0.2, 0) is 4.74 Å². The van der Waals surface area contributed by atoms with Crippen molar-refractivity contribution in [2.45, 2.75) is 64.1 Å². The van der Waals surface area contributed by atoms with Gasteiger partial charge in [-0.1, -0.05) is 6.92 Å². The molecule has 0 aromatic rings. The molecular weight excluding hydrogens is 441 g/mol. The van der Waals surface area contributed by atoms with E-state index in [4.69, 9.17) is 9.73 Å². The molecule has 3 aliphatic heterocycles. The number of hydrogen-bond donors (Lipinski definition) is 2. The maximum absolute atomic E-state index is 6.04. The number of guanidine groups is 1. The Kier molecular flexibility index (Phi) is 9.94. The van der Waals surface area contributed by atoms with Crippen molar-refractivity contribution in [1.82, 2.24) is 20.4 Å². The van der Waals surface area contributed by atoms with Crippen molar-refractivity contribution >= 4 is 29.9 Å². The minimum absolute atomic E-state index is 0. The highest BCUT2D eigenvalue weighted by Gasteiger charge is 2.32. The molecule has 0 aromatic heterocycles.